The molecule has 0 aliphatic carbocycles. The molecule has 0 fully saturated rings. The highest BCUT2D eigenvalue weighted by atomic mass is 16.5. The van der Waals surface area contributed by atoms with Crippen molar-refractivity contribution in [3.63, 3.8) is 0 Å². The summed E-state index contributed by atoms with van der Waals surface area (Å²) in [6.07, 6.45) is 0.785. The van der Waals surface area contributed by atoms with Gasteiger partial charge in [-0.15, -0.1) is 0 Å². The van der Waals surface area contributed by atoms with Crippen LogP contribution in [0.5, 0.6) is 5.75 Å². The second-order valence-electron chi connectivity index (χ2n) is 3.71. The van der Waals surface area contributed by atoms with Crippen LogP contribution in [0.15, 0.2) is 40.3 Å². The zero-order valence-corrected chi connectivity index (χ0v) is 10.4. The van der Waals surface area contributed by atoms with Gasteiger partial charge in [-0.05, 0) is 18.6 Å². The smallest absolute Gasteiger partial charge is 0.218 e. The average Bonchev–Trinajstić information content (AvgIpc) is 2.34. The molecule has 1 rings (SSSR count). The van der Waals surface area contributed by atoms with E-state index in [1.54, 1.807) is 0 Å². The molecule has 1 aromatic carbocycles. The van der Waals surface area contributed by atoms with Crippen LogP contribution in [0.4, 0.5) is 0 Å². The molecule has 0 aromatic heterocycles. The van der Waals surface area contributed by atoms with Crippen molar-refractivity contribution in [2.75, 3.05) is 6.61 Å². The fraction of sp³-hybridized carbons (Fsp3) is 0.333. The largest absolute Gasteiger partial charge is 0.491 e. The Morgan fingerprint density at radius 2 is 1.89 bits per heavy atom. The van der Waals surface area contributed by atoms with E-state index < -0.39 is 0 Å². The SMILES string of the molecule is CCC(COc1ccccc1)N=C(N)N=C(N)N. The Hall–Kier alpha value is -2.24. The Kier molecular flexibility index (Phi) is 5.50. The third kappa shape index (κ3) is 5.20. The summed E-state index contributed by atoms with van der Waals surface area (Å²) in [5.74, 6) is 0.764. The topological polar surface area (TPSA) is 112 Å². The predicted molar refractivity (Wildman–Crippen MR) is 73.4 cm³/mol. The summed E-state index contributed by atoms with van der Waals surface area (Å²) in [4.78, 5) is 7.84. The van der Waals surface area contributed by atoms with E-state index in [-0.39, 0.29) is 18.0 Å². The van der Waals surface area contributed by atoms with E-state index in [2.05, 4.69) is 9.98 Å². The Morgan fingerprint density at radius 3 is 2.44 bits per heavy atom. The van der Waals surface area contributed by atoms with Crippen molar-refractivity contribution in [1.29, 1.82) is 0 Å². The molecule has 1 atom stereocenters. The van der Waals surface area contributed by atoms with Gasteiger partial charge in [-0.3, -0.25) is 0 Å². The molecule has 0 bridgehead atoms. The van der Waals surface area contributed by atoms with Crippen molar-refractivity contribution in [1.82, 2.24) is 0 Å². The summed E-state index contributed by atoms with van der Waals surface area (Å²) < 4.78 is 5.59. The number of nitrogens with zero attached hydrogens (tertiary/aromatic N) is 2. The number of hydrogen-bond acceptors (Lipinski definition) is 2. The first-order chi connectivity index (χ1) is 8.61. The van der Waals surface area contributed by atoms with Crippen LogP contribution in [-0.4, -0.2) is 24.6 Å². The lowest BCUT2D eigenvalue weighted by Gasteiger charge is -2.12. The van der Waals surface area contributed by atoms with Gasteiger partial charge in [-0.25, -0.2) is 4.99 Å². The number of nitrogens with two attached hydrogens (primary N) is 3. The molecule has 0 aliphatic heterocycles. The van der Waals surface area contributed by atoms with Gasteiger partial charge in [0, 0.05) is 0 Å². The van der Waals surface area contributed by atoms with Gasteiger partial charge in [0.05, 0.1) is 6.04 Å². The highest BCUT2D eigenvalue weighted by molar-refractivity contribution is 5.92. The van der Waals surface area contributed by atoms with Gasteiger partial charge in [0.1, 0.15) is 12.4 Å². The van der Waals surface area contributed by atoms with Gasteiger partial charge in [0.15, 0.2) is 5.96 Å². The van der Waals surface area contributed by atoms with Gasteiger partial charge in [0.2, 0.25) is 5.96 Å². The van der Waals surface area contributed by atoms with Crippen molar-refractivity contribution in [2.45, 2.75) is 19.4 Å². The summed E-state index contributed by atoms with van der Waals surface area (Å²) in [5.41, 5.74) is 16.0. The molecular formula is C12H19N5O. The lowest BCUT2D eigenvalue weighted by atomic mass is 10.2. The lowest BCUT2D eigenvalue weighted by Crippen LogP contribution is -2.28. The van der Waals surface area contributed by atoms with Crippen LogP contribution >= 0.6 is 0 Å². The zero-order chi connectivity index (χ0) is 13.4. The lowest BCUT2D eigenvalue weighted by molar-refractivity contribution is 0.286. The summed E-state index contributed by atoms with van der Waals surface area (Å²) >= 11 is 0. The minimum atomic E-state index is -0.102. The van der Waals surface area contributed by atoms with Gasteiger partial charge >= 0.3 is 0 Å². The predicted octanol–water partition coefficient (Wildman–Crippen LogP) is 0.432. The molecule has 0 saturated carbocycles. The minimum absolute atomic E-state index is 0.0681. The number of hydrogen-bond donors (Lipinski definition) is 3. The number of rotatable bonds is 5. The van der Waals surface area contributed by atoms with Crippen LogP contribution in [0.1, 0.15) is 13.3 Å². The number of aliphatic imine (C=N–C) groups is 2. The van der Waals surface area contributed by atoms with E-state index in [9.17, 15) is 0 Å². The minimum Gasteiger partial charge on any atom is -0.491 e. The molecule has 18 heavy (non-hydrogen) atoms. The van der Waals surface area contributed by atoms with Crippen LogP contribution in [0.25, 0.3) is 0 Å². The first-order valence-corrected chi connectivity index (χ1v) is 5.72. The number of guanidine groups is 2. The maximum absolute atomic E-state index is 5.59. The third-order valence-corrected chi connectivity index (χ3v) is 2.22. The molecule has 0 saturated heterocycles. The van der Waals surface area contributed by atoms with Crippen molar-refractivity contribution in [2.24, 2.45) is 27.2 Å². The second kappa shape index (κ2) is 7.16. The first kappa shape index (κ1) is 13.8. The number of para-hydroxylation sites is 1. The Balaban J connectivity index is 2.55. The van der Waals surface area contributed by atoms with E-state index in [1.807, 2.05) is 37.3 Å². The Morgan fingerprint density at radius 1 is 1.22 bits per heavy atom. The first-order valence-electron chi connectivity index (χ1n) is 5.72. The second-order valence-corrected chi connectivity index (χ2v) is 3.71. The molecule has 0 heterocycles. The van der Waals surface area contributed by atoms with E-state index in [1.165, 1.54) is 0 Å². The van der Waals surface area contributed by atoms with Crippen LogP contribution in [0, 0.1) is 0 Å². The molecule has 0 spiro atoms. The Bertz CT molecular complexity index is 412. The van der Waals surface area contributed by atoms with E-state index in [0.717, 1.165) is 12.2 Å². The van der Waals surface area contributed by atoms with Crippen molar-refractivity contribution in [3.05, 3.63) is 30.3 Å². The molecule has 0 amide bonds. The van der Waals surface area contributed by atoms with E-state index >= 15 is 0 Å². The van der Waals surface area contributed by atoms with Crippen LogP contribution in [-0.2, 0) is 0 Å². The van der Waals surface area contributed by atoms with Gasteiger partial charge in [0.25, 0.3) is 0 Å². The van der Waals surface area contributed by atoms with Crippen LogP contribution in [0.2, 0.25) is 0 Å². The number of ether oxygens (including phenoxy) is 1. The van der Waals surface area contributed by atoms with E-state index in [4.69, 9.17) is 21.9 Å². The van der Waals surface area contributed by atoms with Crippen molar-refractivity contribution in [3.8, 4) is 5.75 Å². The average molecular weight is 249 g/mol. The molecule has 6 nitrogen and oxygen atoms in total. The molecule has 98 valence electrons. The normalized spacial score (nSPS) is 12.8. The fourth-order valence-electron chi connectivity index (χ4n) is 1.30. The Labute approximate surface area is 107 Å². The third-order valence-electron chi connectivity index (χ3n) is 2.22. The van der Waals surface area contributed by atoms with Gasteiger partial charge < -0.3 is 21.9 Å². The molecule has 6 heteroatoms. The van der Waals surface area contributed by atoms with Gasteiger partial charge in [-0.1, -0.05) is 25.1 Å². The summed E-state index contributed by atoms with van der Waals surface area (Å²) in [6, 6.07) is 9.44. The van der Waals surface area contributed by atoms with Crippen LogP contribution < -0.4 is 21.9 Å². The molecule has 1 aromatic rings. The quantitative estimate of drug-likeness (QED) is 0.519. The van der Waals surface area contributed by atoms with Crippen molar-refractivity contribution >= 4 is 11.9 Å². The van der Waals surface area contributed by atoms with Crippen molar-refractivity contribution < 1.29 is 4.74 Å². The molecule has 6 N–H and O–H groups in total. The summed E-state index contributed by atoms with van der Waals surface area (Å²) in [5, 5.41) is 0. The summed E-state index contributed by atoms with van der Waals surface area (Å²) in [7, 11) is 0. The highest BCUT2D eigenvalue weighted by Crippen LogP contribution is 2.10. The molecule has 1 unspecified atom stereocenters. The molecule has 0 radical (unpaired) electrons. The van der Waals surface area contributed by atoms with Gasteiger partial charge in [-0.2, -0.15) is 4.99 Å². The summed E-state index contributed by atoms with van der Waals surface area (Å²) in [6.45, 7) is 2.42. The molecular weight excluding hydrogens is 230 g/mol. The zero-order valence-electron chi connectivity index (χ0n) is 10.4. The standard InChI is InChI=1S/C12H19N5O/c1-2-9(16-12(15)17-11(13)14)8-18-10-6-4-3-5-7-10/h3-7,9H,2,8H2,1H3,(H6,13,14,15,16,17). The highest BCUT2D eigenvalue weighted by Gasteiger charge is 2.06. The maximum Gasteiger partial charge on any atom is 0.218 e. The number of benzene rings is 1. The monoisotopic (exact) mass is 249 g/mol. The van der Waals surface area contributed by atoms with Crippen LogP contribution in [0.3, 0.4) is 0 Å². The maximum atomic E-state index is 5.59. The van der Waals surface area contributed by atoms with E-state index in [0.29, 0.717) is 6.61 Å². The fourth-order valence-corrected chi connectivity index (χ4v) is 1.30. The molecule has 0 aliphatic rings.